The molecule has 1 amide bonds. The zero-order valence-corrected chi connectivity index (χ0v) is 16.8. The minimum Gasteiger partial charge on any atom is -0.379 e. The fraction of sp³-hybridized carbons (Fsp3) is 0.320. The average molecular weight is 389 g/mol. The zero-order valence-electron chi connectivity index (χ0n) is 16.8. The summed E-state index contributed by atoms with van der Waals surface area (Å²) in [4.78, 5) is 14.7. The second kappa shape index (κ2) is 9.68. The summed E-state index contributed by atoms with van der Waals surface area (Å²) in [7, 11) is 0. The van der Waals surface area contributed by atoms with Crippen molar-refractivity contribution in [3.8, 4) is 0 Å². The first-order valence-corrected chi connectivity index (χ1v) is 10.4. The van der Waals surface area contributed by atoms with E-state index < -0.39 is 0 Å². The molecule has 0 unspecified atom stereocenters. The number of fused-ring (bicyclic) bond motifs is 1. The number of ether oxygens (including phenoxy) is 1. The Bertz CT molecular complexity index is 941. The van der Waals surface area contributed by atoms with Crippen LogP contribution in [0.5, 0.6) is 0 Å². The molecule has 0 aromatic heterocycles. The quantitative estimate of drug-likeness (QED) is 0.667. The van der Waals surface area contributed by atoms with E-state index in [1.165, 1.54) is 21.9 Å². The van der Waals surface area contributed by atoms with E-state index in [-0.39, 0.29) is 5.91 Å². The van der Waals surface area contributed by atoms with Crippen molar-refractivity contribution in [3.05, 3.63) is 83.4 Å². The van der Waals surface area contributed by atoms with Crippen LogP contribution >= 0.6 is 0 Å². The molecule has 4 nitrogen and oxygen atoms in total. The van der Waals surface area contributed by atoms with E-state index in [4.69, 9.17) is 4.74 Å². The van der Waals surface area contributed by atoms with Crippen molar-refractivity contribution in [2.45, 2.75) is 25.9 Å². The van der Waals surface area contributed by atoms with Crippen molar-refractivity contribution in [3.63, 3.8) is 0 Å². The lowest BCUT2D eigenvalue weighted by atomic mass is 10.0. The third-order valence-corrected chi connectivity index (χ3v) is 5.52. The topological polar surface area (TPSA) is 41.6 Å². The summed E-state index contributed by atoms with van der Waals surface area (Å²) < 4.78 is 5.40. The molecule has 1 aliphatic heterocycles. The fourth-order valence-corrected chi connectivity index (χ4v) is 3.83. The van der Waals surface area contributed by atoms with Gasteiger partial charge >= 0.3 is 0 Å². The van der Waals surface area contributed by atoms with E-state index in [2.05, 4.69) is 70.9 Å². The molecule has 0 bridgehead atoms. The summed E-state index contributed by atoms with van der Waals surface area (Å²) in [5.74, 6) is 0.0929. The lowest BCUT2D eigenvalue weighted by Gasteiger charge is -2.26. The van der Waals surface area contributed by atoms with Gasteiger partial charge < -0.3 is 10.1 Å². The predicted octanol–water partition coefficient (Wildman–Crippen LogP) is 3.92. The Labute approximate surface area is 172 Å². The van der Waals surface area contributed by atoms with Gasteiger partial charge in [-0.15, -0.1) is 0 Å². The van der Waals surface area contributed by atoms with Crippen molar-refractivity contribution in [1.82, 2.24) is 10.2 Å². The third-order valence-electron chi connectivity index (χ3n) is 5.52. The maximum atomic E-state index is 12.3. The van der Waals surface area contributed by atoms with Gasteiger partial charge in [-0.25, -0.2) is 0 Å². The lowest BCUT2D eigenvalue weighted by molar-refractivity contribution is -0.121. The largest absolute Gasteiger partial charge is 0.379 e. The maximum Gasteiger partial charge on any atom is 0.220 e. The fourth-order valence-electron chi connectivity index (χ4n) is 3.83. The number of nitrogens with zero attached hydrogens (tertiary/aromatic N) is 1. The molecule has 1 N–H and O–H groups in total. The first kappa shape index (κ1) is 19.6. The Balaban J connectivity index is 1.25. The Morgan fingerprint density at radius 3 is 2.45 bits per heavy atom. The van der Waals surface area contributed by atoms with Gasteiger partial charge in [0, 0.05) is 32.6 Å². The molecular formula is C25H28N2O2. The van der Waals surface area contributed by atoms with Crippen molar-refractivity contribution in [2.24, 2.45) is 0 Å². The molecule has 1 aliphatic rings. The molecular weight excluding hydrogens is 360 g/mol. The number of carbonyl (C=O) groups is 1. The van der Waals surface area contributed by atoms with Crippen molar-refractivity contribution in [2.75, 3.05) is 26.3 Å². The molecule has 0 atom stereocenters. The molecule has 0 saturated carbocycles. The molecule has 3 aromatic carbocycles. The first-order valence-electron chi connectivity index (χ1n) is 10.4. The van der Waals surface area contributed by atoms with Crippen LogP contribution in [0.3, 0.4) is 0 Å². The molecule has 0 aliphatic carbocycles. The van der Waals surface area contributed by atoms with Crippen molar-refractivity contribution >= 4 is 16.7 Å². The Hall–Kier alpha value is -2.69. The van der Waals surface area contributed by atoms with Crippen molar-refractivity contribution < 1.29 is 9.53 Å². The SMILES string of the molecule is O=C(CCc1cccc2ccccc12)NCc1ccc(CN2CCOCC2)cc1. The summed E-state index contributed by atoms with van der Waals surface area (Å²) in [6.07, 6.45) is 1.26. The molecule has 150 valence electrons. The molecule has 1 saturated heterocycles. The van der Waals surface area contributed by atoms with Gasteiger partial charge in [0.05, 0.1) is 13.2 Å². The van der Waals surface area contributed by atoms with Crippen LogP contribution in [0.4, 0.5) is 0 Å². The van der Waals surface area contributed by atoms with E-state index in [1.54, 1.807) is 0 Å². The van der Waals surface area contributed by atoms with E-state index in [0.29, 0.717) is 13.0 Å². The molecule has 4 heteroatoms. The minimum absolute atomic E-state index is 0.0929. The monoisotopic (exact) mass is 388 g/mol. The van der Waals surface area contributed by atoms with Crippen LogP contribution in [0.15, 0.2) is 66.7 Å². The van der Waals surface area contributed by atoms with E-state index in [9.17, 15) is 4.79 Å². The average Bonchev–Trinajstić information content (AvgIpc) is 2.78. The van der Waals surface area contributed by atoms with E-state index in [0.717, 1.165) is 44.8 Å². The second-order valence-electron chi connectivity index (χ2n) is 7.62. The van der Waals surface area contributed by atoms with Crippen LogP contribution in [0, 0.1) is 0 Å². The molecule has 4 rings (SSSR count). The Morgan fingerprint density at radius 2 is 1.62 bits per heavy atom. The standard InChI is InChI=1S/C25H28N2O2/c28-25(13-12-23-6-3-5-22-4-1-2-7-24(22)23)26-18-20-8-10-21(11-9-20)19-27-14-16-29-17-15-27/h1-11H,12-19H2,(H,26,28). The number of carbonyl (C=O) groups excluding carboxylic acids is 1. The van der Waals surface area contributed by atoms with Gasteiger partial charge in [0.15, 0.2) is 0 Å². The highest BCUT2D eigenvalue weighted by Crippen LogP contribution is 2.19. The summed E-state index contributed by atoms with van der Waals surface area (Å²) in [5.41, 5.74) is 3.66. The van der Waals surface area contributed by atoms with Crippen molar-refractivity contribution in [1.29, 1.82) is 0 Å². The summed E-state index contributed by atoms with van der Waals surface area (Å²) >= 11 is 0. The van der Waals surface area contributed by atoms with Crippen LogP contribution in [0.1, 0.15) is 23.1 Å². The highest BCUT2D eigenvalue weighted by Gasteiger charge is 2.10. The lowest BCUT2D eigenvalue weighted by Crippen LogP contribution is -2.35. The summed E-state index contributed by atoms with van der Waals surface area (Å²) in [6.45, 7) is 5.17. The third kappa shape index (κ3) is 5.43. The van der Waals surface area contributed by atoms with Gasteiger partial charge in [-0.05, 0) is 33.9 Å². The van der Waals surface area contributed by atoms with Crippen LogP contribution in [-0.4, -0.2) is 37.1 Å². The Morgan fingerprint density at radius 1 is 0.897 bits per heavy atom. The van der Waals surface area contributed by atoms with Gasteiger partial charge in [-0.2, -0.15) is 0 Å². The van der Waals surface area contributed by atoms with Gasteiger partial charge in [-0.3, -0.25) is 9.69 Å². The smallest absolute Gasteiger partial charge is 0.220 e. The van der Waals surface area contributed by atoms with E-state index >= 15 is 0 Å². The summed E-state index contributed by atoms with van der Waals surface area (Å²) in [5, 5.41) is 5.51. The molecule has 29 heavy (non-hydrogen) atoms. The van der Waals surface area contributed by atoms with Gasteiger partial charge in [0.2, 0.25) is 5.91 Å². The molecule has 1 fully saturated rings. The molecule has 1 heterocycles. The van der Waals surface area contributed by atoms with Crippen LogP contribution < -0.4 is 5.32 Å². The number of morpholine rings is 1. The highest BCUT2D eigenvalue weighted by atomic mass is 16.5. The number of aryl methyl sites for hydroxylation is 1. The maximum absolute atomic E-state index is 12.3. The van der Waals surface area contributed by atoms with Crippen LogP contribution in [-0.2, 0) is 29.0 Å². The number of benzene rings is 3. The zero-order chi connectivity index (χ0) is 19.9. The van der Waals surface area contributed by atoms with Crippen LogP contribution in [0.2, 0.25) is 0 Å². The predicted molar refractivity (Wildman–Crippen MR) is 117 cm³/mol. The van der Waals surface area contributed by atoms with Gasteiger partial charge in [0.1, 0.15) is 0 Å². The normalized spacial score (nSPS) is 14.8. The van der Waals surface area contributed by atoms with Gasteiger partial charge in [-0.1, -0.05) is 66.7 Å². The minimum atomic E-state index is 0.0929. The molecule has 0 radical (unpaired) electrons. The molecule has 3 aromatic rings. The highest BCUT2D eigenvalue weighted by molar-refractivity contribution is 5.86. The Kier molecular flexibility index (Phi) is 6.55. The number of hydrogen-bond donors (Lipinski definition) is 1. The molecule has 0 spiro atoms. The van der Waals surface area contributed by atoms with Gasteiger partial charge in [0.25, 0.3) is 0 Å². The summed E-state index contributed by atoms with van der Waals surface area (Å²) in [6, 6.07) is 23.2. The first-order chi connectivity index (χ1) is 14.3. The number of amides is 1. The number of nitrogens with one attached hydrogen (secondary N) is 1. The number of hydrogen-bond acceptors (Lipinski definition) is 3. The number of rotatable bonds is 7. The second-order valence-corrected chi connectivity index (χ2v) is 7.62. The van der Waals surface area contributed by atoms with E-state index in [1.807, 2.05) is 6.07 Å². The van der Waals surface area contributed by atoms with Crippen LogP contribution in [0.25, 0.3) is 10.8 Å².